The van der Waals surface area contributed by atoms with E-state index in [1.54, 1.807) is 13.0 Å². The lowest BCUT2D eigenvalue weighted by Crippen LogP contribution is -2.36. The highest BCUT2D eigenvalue weighted by atomic mass is 32.2. The predicted molar refractivity (Wildman–Crippen MR) is 91.6 cm³/mol. The van der Waals surface area contributed by atoms with Crippen LogP contribution in [-0.4, -0.2) is 47.6 Å². The van der Waals surface area contributed by atoms with E-state index in [0.29, 0.717) is 20.3 Å². The maximum absolute atomic E-state index is 11.6. The van der Waals surface area contributed by atoms with Crippen LogP contribution in [0.1, 0.15) is 19.4 Å². The molecule has 1 aromatic carbocycles. The summed E-state index contributed by atoms with van der Waals surface area (Å²) in [5, 5.41) is 19.0. The van der Waals surface area contributed by atoms with Gasteiger partial charge in [-0.15, -0.1) is 15.8 Å². The quantitative estimate of drug-likeness (QED) is 0.291. The van der Waals surface area contributed by atoms with Gasteiger partial charge in [-0.05, 0) is 23.4 Å². The number of phenolic OH excluding ortho intramolecular Hbond substituents is 1. The fourth-order valence-corrected chi connectivity index (χ4v) is 4.90. The summed E-state index contributed by atoms with van der Waals surface area (Å²) in [4.78, 5) is 31.1. The summed E-state index contributed by atoms with van der Waals surface area (Å²) in [6, 6.07) is 3.17. The van der Waals surface area contributed by atoms with Crippen LogP contribution >= 0.6 is 31.5 Å². The lowest BCUT2D eigenvalue weighted by Gasteiger charge is -2.27. The van der Waals surface area contributed by atoms with Crippen molar-refractivity contribution >= 4 is 37.4 Å². The smallest absolute Gasteiger partial charge is 0.413 e. The third-order valence-electron chi connectivity index (χ3n) is 2.83. The number of hydrogen-bond acceptors (Lipinski definition) is 5. The molecule has 0 heterocycles. The number of rotatable bonds is 9. The first-order valence-electron chi connectivity index (χ1n) is 6.86. The monoisotopic (exact) mass is 381 g/mol. The Labute approximate surface area is 143 Å². The van der Waals surface area contributed by atoms with Crippen molar-refractivity contribution in [2.24, 2.45) is 0 Å². The molecule has 0 bridgehead atoms. The van der Waals surface area contributed by atoms with E-state index in [-0.39, 0.29) is 12.2 Å². The zero-order valence-electron chi connectivity index (χ0n) is 12.7. The van der Waals surface area contributed by atoms with Crippen LogP contribution in [0.2, 0.25) is 0 Å². The van der Waals surface area contributed by atoms with Gasteiger partial charge in [-0.1, -0.05) is 31.9 Å². The first kappa shape index (κ1) is 20.3. The highest BCUT2D eigenvalue weighted by Gasteiger charge is 2.38. The van der Waals surface area contributed by atoms with Gasteiger partial charge in [0.2, 0.25) is 0 Å². The molecule has 0 aliphatic rings. The van der Waals surface area contributed by atoms with E-state index in [2.05, 4.69) is 0 Å². The van der Waals surface area contributed by atoms with Crippen LogP contribution < -0.4 is 0 Å². The van der Waals surface area contributed by atoms with Crippen molar-refractivity contribution in [3.8, 4) is 5.75 Å². The molecular weight excluding hydrogens is 361 g/mol. The predicted octanol–water partition coefficient (Wildman–Crippen LogP) is 2.56. The minimum atomic E-state index is -4.72. The Morgan fingerprint density at radius 3 is 2.43 bits per heavy atom. The van der Waals surface area contributed by atoms with E-state index in [4.69, 9.17) is 0 Å². The molecule has 0 amide bonds. The van der Waals surface area contributed by atoms with Gasteiger partial charge in [0.05, 0.1) is 0 Å². The summed E-state index contributed by atoms with van der Waals surface area (Å²) in [5.74, 6) is -0.192. The molecule has 1 aromatic rings. The number of hydrogen-bond donors (Lipinski definition) is 4. The minimum absolute atomic E-state index is 0.0614. The van der Waals surface area contributed by atoms with Crippen molar-refractivity contribution in [2.45, 2.75) is 31.2 Å². The lowest BCUT2D eigenvalue weighted by molar-refractivity contribution is -0.140. The number of nitrogens with zero attached hydrogens (tertiary/aromatic N) is 1. The highest BCUT2D eigenvalue weighted by molar-refractivity contribution is 8.01. The third-order valence-corrected chi connectivity index (χ3v) is 6.37. The summed E-state index contributed by atoms with van der Waals surface area (Å²) in [6.45, 7) is 3.60. The van der Waals surface area contributed by atoms with Crippen molar-refractivity contribution < 1.29 is 29.4 Å². The molecule has 4 N–H and O–H groups in total. The van der Waals surface area contributed by atoms with Gasteiger partial charge in [-0.3, -0.25) is 4.79 Å². The van der Waals surface area contributed by atoms with Gasteiger partial charge >= 0.3 is 13.7 Å². The summed E-state index contributed by atoms with van der Waals surface area (Å²) >= 11 is 2.22. The van der Waals surface area contributed by atoms with E-state index in [0.717, 1.165) is 17.7 Å². The lowest BCUT2D eigenvalue weighted by atomic mass is 10.1. The Bertz CT molecular complexity index is 594. The van der Waals surface area contributed by atoms with E-state index in [1.165, 1.54) is 23.9 Å². The van der Waals surface area contributed by atoms with E-state index >= 15 is 0 Å². The maximum Gasteiger partial charge on any atom is 0.413 e. The summed E-state index contributed by atoms with van der Waals surface area (Å²) in [6.07, 6.45) is -0.0734. The number of benzene rings is 1. The standard InChI is InChI=1S/C13H20NO6PS2/c1-3-22-12-8-10(15)6-5-9(12)7-11(13(16)17)14(23-4-2)21(18,19)20/h5-6,8,11,15H,3-4,7H2,1-2H3,(H,16,17)(H2,18,19,20). The fourth-order valence-electron chi connectivity index (χ4n) is 1.95. The zero-order chi connectivity index (χ0) is 17.6. The maximum atomic E-state index is 11.6. The van der Waals surface area contributed by atoms with E-state index in [1.807, 2.05) is 6.92 Å². The Hall–Kier alpha value is -0.700. The fraction of sp³-hybridized carbons (Fsp3) is 0.462. The number of carboxylic acid groups (broad SMARTS) is 1. The van der Waals surface area contributed by atoms with Crippen molar-refractivity contribution in [2.75, 3.05) is 11.5 Å². The molecule has 130 valence electrons. The molecule has 0 fully saturated rings. The van der Waals surface area contributed by atoms with Gasteiger partial charge in [0.15, 0.2) is 0 Å². The Morgan fingerprint density at radius 2 is 1.96 bits per heavy atom. The number of carboxylic acids is 1. The molecule has 23 heavy (non-hydrogen) atoms. The second-order valence-electron chi connectivity index (χ2n) is 4.52. The van der Waals surface area contributed by atoms with Crippen molar-refractivity contribution in [3.63, 3.8) is 0 Å². The van der Waals surface area contributed by atoms with Crippen LogP contribution in [-0.2, 0) is 15.8 Å². The molecule has 0 aromatic heterocycles. The first-order chi connectivity index (χ1) is 10.7. The Balaban J connectivity index is 3.18. The van der Waals surface area contributed by atoms with Crippen LogP contribution in [0.5, 0.6) is 5.75 Å². The molecule has 0 saturated carbocycles. The van der Waals surface area contributed by atoms with Gasteiger partial charge in [-0.2, -0.15) is 0 Å². The number of thioether (sulfide) groups is 1. The molecule has 7 nitrogen and oxygen atoms in total. The van der Waals surface area contributed by atoms with Crippen LogP contribution in [0.4, 0.5) is 0 Å². The SMILES string of the molecule is CCSc1cc(O)ccc1CC(C(=O)O)N(SCC)P(=O)(O)O. The summed E-state index contributed by atoms with van der Waals surface area (Å²) < 4.78 is 12.3. The number of carbonyl (C=O) groups is 1. The largest absolute Gasteiger partial charge is 0.508 e. The second kappa shape index (κ2) is 8.96. The molecule has 0 spiro atoms. The first-order valence-corrected chi connectivity index (χ1v) is 10.4. The Morgan fingerprint density at radius 1 is 1.30 bits per heavy atom. The van der Waals surface area contributed by atoms with Gasteiger partial charge < -0.3 is 20.0 Å². The van der Waals surface area contributed by atoms with Crippen molar-refractivity contribution in [1.29, 1.82) is 0 Å². The second-order valence-corrected chi connectivity index (χ2v) is 8.78. The molecule has 10 heteroatoms. The summed E-state index contributed by atoms with van der Waals surface area (Å²) in [5.41, 5.74) is 0.622. The van der Waals surface area contributed by atoms with Crippen molar-refractivity contribution in [3.05, 3.63) is 23.8 Å². The molecule has 0 aliphatic heterocycles. The minimum Gasteiger partial charge on any atom is -0.508 e. The molecule has 0 saturated heterocycles. The average molecular weight is 381 g/mol. The normalized spacial score (nSPS) is 13.3. The molecule has 0 radical (unpaired) electrons. The molecular formula is C13H20NO6PS2. The summed E-state index contributed by atoms with van der Waals surface area (Å²) in [7, 11) is -4.72. The average Bonchev–Trinajstić information content (AvgIpc) is 2.43. The molecule has 1 rings (SSSR count). The third kappa shape index (κ3) is 6.02. The van der Waals surface area contributed by atoms with Gasteiger partial charge in [-0.25, -0.2) is 4.57 Å². The van der Waals surface area contributed by atoms with Crippen LogP contribution in [0.3, 0.4) is 0 Å². The number of aliphatic carboxylic acids is 1. The van der Waals surface area contributed by atoms with Gasteiger partial charge in [0.1, 0.15) is 11.8 Å². The number of phenols is 1. The van der Waals surface area contributed by atoms with Crippen molar-refractivity contribution in [1.82, 2.24) is 4.08 Å². The molecule has 0 aliphatic carbocycles. The van der Waals surface area contributed by atoms with Gasteiger partial charge in [0.25, 0.3) is 0 Å². The Kier molecular flexibility index (Phi) is 7.93. The van der Waals surface area contributed by atoms with Gasteiger partial charge in [0, 0.05) is 17.1 Å². The highest BCUT2D eigenvalue weighted by Crippen LogP contribution is 2.48. The van der Waals surface area contributed by atoms with Crippen LogP contribution in [0, 0.1) is 0 Å². The molecule has 1 atom stereocenters. The topological polar surface area (TPSA) is 118 Å². The van der Waals surface area contributed by atoms with E-state index in [9.17, 15) is 29.4 Å². The zero-order valence-corrected chi connectivity index (χ0v) is 15.3. The van der Waals surface area contributed by atoms with Crippen LogP contribution in [0.15, 0.2) is 23.1 Å². The number of aromatic hydroxyl groups is 1. The molecule has 1 unspecified atom stereocenters. The van der Waals surface area contributed by atoms with E-state index < -0.39 is 19.8 Å². The van der Waals surface area contributed by atoms with Crippen LogP contribution in [0.25, 0.3) is 0 Å².